The number of nitrogens with zero attached hydrogens (tertiary/aromatic N) is 3. The van der Waals surface area contributed by atoms with Gasteiger partial charge in [-0.15, -0.1) is 0 Å². The van der Waals surface area contributed by atoms with Crippen molar-refractivity contribution in [2.24, 2.45) is 0 Å². The summed E-state index contributed by atoms with van der Waals surface area (Å²) in [7, 11) is 0. The number of aromatic nitrogens is 2. The molecular formula is C15H22N4O2. The van der Waals surface area contributed by atoms with Gasteiger partial charge in [0.1, 0.15) is 0 Å². The molecule has 6 nitrogen and oxygen atoms in total. The van der Waals surface area contributed by atoms with Crippen molar-refractivity contribution in [3.63, 3.8) is 0 Å². The molecule has 0 aliphatic rings. The van der Waals surface area contributed by atoms with E-state index in [1.165, 1.54) is 15.7 Å². The molecule has 1 rings (SSSR count). The van der Waals surface area contributed by atoms with E-state index in [4.69, 9.17) is 0 Å². The van der Waals surface area contributed by atoms with E-state index < -0.39 is 0 Å². The normalized spacial score (nSPS) is 11.1. The summed E-state index contributed by atoms with van der Waals surface area (Å²) in [5.41, 5.74) is -0.0865. The van der Waals surface area contributed by atoms with Gasteiger partial charge in [-0.25, -0.2) is 9.59 Å². The second-order valence-corrected chi connectivity index (χ2v) is 4.34. The van der Waals surface area contributed by atoms with Crippen LogP contribution in [0.3, 0.4) is 0 Å². The highest BCUT2D eigenvalue weighted by atomic mass is 16.2. The van der Waals surface area contributed by atoms with Crippen LogP contribution < -0.4 is 11.0 Å². The van der Waals surface area contributed by atoms with Crippen molar-refractivity contribution in [1.82, 2.24) is 19.4 Å². The first-order valence-corrected chi connectivity index (χ1v) is 6.85. The number of hydrogen-bond donors (Lipinski definition) is 1. The van der Waals surface area contributed by atoms with E-state index in [0.717, 1.165) is 0 Å². The Balaban J connectivity index is 2.53. The lowest BCUT2D eigenvalue weighted by atomic mass is 10.4. The summed E-state index contributed by atoms with van der Waals surface area (Å²) in [6.07, 6.45) is 12.4. The van der Waals surface area contributed by atoms with Crippen LogP contribution in [0.5, 0.6) is 0 Å². The fourth-order valence-corrected chi connectivity index (χ4v) is 1.80. The van der Waals surface area contributed by atoms with Crippen molar-refractivity contribution in [1.29, 1.82) is 0 Å². The molecule has 0 fully saturated rings. The smallest absolute Gasteiger partial charge is 0.315 e. The Morgan fingerprint density at radius 2 is 2.14 bits per heavy atom. The molecule has 0 bridgehead atoms. The molecule has 6 heteroatoms. The highest BCUT2D eigenvalue weighted by Crippen LogP contribution is 1.96. The van der Waals surface area contributed by atoms with Crippen LogP contribution >= 0.6 is 0 Å². The molecule has 0 aromatic carbocycles. The SMILES string of the molecule is C=CN(CCCn1ccn(/C=C/C)c1=O)C(=O)N/C=C/C. The Labute approximate surface area is 124 Å². The molecule has 114 valence electrons. The summed E-state index contributed by atoms with van der Waals surface area (Å²) in [6, 6.07) is -0.234. The number of aryl methyl sites for hydroxylation is 1. The Bertz CT molecular complexity index is 581. The van der Waals surface area contributed by atoms with Crippen molar-refractivity contribution in [3.8, 4) is 0 Å². The topological polar surface area (TPSA) is 59.3 Å². The lowest BCUT2D eigenvalue weighted by Gasteiger charge is -2.17. The number of carbonyl (C=O) groups excluding carboxylic acids is 1. The number of hydrogen-bond acceptors (Lipinski definition) is 2. The molecule has 0 radical (unpaired) electrons. The second kappa shape index (κ2) is 8.63. The van der Waals surface area contributed by atoms with Crippen molar-refractivity contribution >= 4 is 12.2 Å². The summed E-state index contributed by atoms with van der Waals surface area (Å²) >= 11 is 0. The van der Waals surface area contributed by atoms with Gasteiger partial charge in [0.05, 0.1) is 0 Å². The maximum absolute atomic E-state index is 11.9. The van der Waals surface area contributed by atoms with Crippen molar-refractivity contribution in [2.75, 3.05) is 6.54 Å². The molecule has 0 aliphatic carbocycles. The minimum atomic E-state index is -0.234. The van der Waals surface area contributed by atoms with Gasteiger partial charge in [-0.1, -0.05) is 18.7 Å². The molecule has 0 unspecified atom stereocenters. The number of urea groups is 1. The van der Waals surface area contributed by atoms with Gasteiger partial charge in [0.2, 0.25) is 0 Å². The van der Waals surface area contributed by atoms with E-state index in [1.807, 2.05) is 13.8 Å². The molecule has 1 N–H and O–H groups in total. The Morgan fingerprint density at radius 1 is 1.38 bits per heavy atom. The Morgan fingerprint density at radius 3 is 2.76 bits per heavy atom. The molecule has 0 saturated heterocycles. The van der Waals surface area contributed by atoms with Crippen LogP contribution in [0.25, 0.3) is 6.20 Å². The van der Waals surface area contributed by atoms with Crippen LogP contribution in [0.1, 0.15) is 20.3 Å². The average molecular weight is 290 g/mol. The first-order chi connectivity index (χ1) is 10.1. The van der Waals surface area contributed by atoms with Crippen molar-refractivity contribution in [2.45, 2.75) is 26.8 Å². The molecule has 1 aromatic rings. The number of carbonyl (C=O) groups is 1. The predicted octanol–water partition coefficient (Wildman–Crippen LogP) is 2.22. The van der Waals surface area contributed by atoms with Crippen molar-refractivity contribution < 1.29 is 4.79 Å². The first kappa shape index (κ1) is 16.6. The quantitative estimate of drug-likeness (QED) is 0.837. The van der Waals surface area contributed by atoms with E-state index in [0.29, 0.717) is 19.5 Å². The maximum Gasteiger partial charge on any atom is 0.332 e. The summed E-state index contributed by atoms with van der Waals surface area (Å²) in [6.45, 7) is 8.34. The minimum Gasteiger partial charge on any atom is -0.315 e. The van der Waals surface area contributed by atoms with Crippen molar-refractivity contribution in [3.05, 3.63) is 54.0 Å². The van der Waals surface area contributed by atoms with Gasteiger partial charge in [-0.2, -0.15) is 0 Å². The Kier molecular flexibility index (Phi) is 6.80. The summed E-state index contributed by atoms with van der Waals surface area (Å²) < 4.78 is 3.13. The molecule has 1 aromatic heterocycles. The molecule has 0 saturated carbocycles. The number of imidazole rings is 1. The molecule has 1 heterocycles. The first-order valence-electron chi connectivity index (χ1n) is 6.85. The number of allylic oxidation sites excluding steroid dienone is 2. The third-order valence-corrected chi connectivity index (χ3v) is 2.84. The van der Waals surface area contributed by atoms with E-state index >= 15 is 0 Å². The van der Waals surface area contributed by atoms with Crippen LogP contribution in [0.15, 0.2) is 48.3 Å². The summed E-state index contributed by atoms with van der Waals surface area (Å²) in [5.74, 6) is 0. The lowest BCUT2D eigenvalue weighted by Crippen LogP contribution is -2.34. The minimum absolute atomic E-state index is 0.0865. The fraction of sp³-hybridized carbons (Fsp3) is 0.333. The van der Waals surface area contributed by atoms with E-state index in [9.17, 15) is 9.59 Å². The maximum atomic E-state index is 11.9. The van der Waals surface area contributed by atoms with Gasteiger partial charge in [-0.05, 0) is 20.3 Å². The van der Waals surface area contributed by atoms with Gasteiger partial charge >= 0.3 is 11.7 Å². The fourth-order valence-electron chi connectivity index (χ4n) is 1.80. The highest BCUT2D eigenvalue weighted by molar-refractivity contribution is 5.76. The van der Waals surface area contributed by atoms with Gasteiger partial charge in [0.25, 0.3) is 0 Å². The third-order valence-electron chi connectivity index (χ3n) is 2.84. The number of nitrogens with one attached hydrogen (secondary N) is 1. The predicted molar refractivity (Wildman–Crippen MR) is 84.6 cm³/mol. The zero-order valence-electron chi connectivity index (χ0n) is 12.5. The summed E-state index contributed by atoms with van der Waals surface area (Å²) in [4.78, 5) is 25.2. The summed E-state index contributed by atoms with van der Waals surface area (Å²) in [5, 5.41) is 2.62. The molecule has 21 heavy (non-hydrogen) atoms. The zero-order valence-corrected chi connectivity index (χ0v) is 12.5. The molecule has 0 spiro atoms. The van der Waals surface area contributed by atoms with Crippen LogP contribution in [0, 0.1) is 0 Å². The van der Waals surface area contributed by atoms with Crippen LogP contribution in [0.2, 0.25) is 0 Å². The third kappa shape index (κ3) is 4.83. The van der Waals surface area contributed by atoms with Crippen LogP contribution in [-0.4, -0.2) is 26.6 Å². The highest BCUT2D eigenvalue weighted by Gasteiger charge is 2.08. The largest absolute Gasteiger partial charge is 0.332 e. The van der Waals surface area contributed by atoms with Gasteiger partial charge < -0.3 is 10.2 Å². The second-order valence-electron chi connectivity index (χ2n) is 4.34. The van der Waals surface area contributed by atoms with Gasteiger partial charge in [0.15, 0.2) is 0 Å². The Hall–Kier alpha value is -2.50. The van der Waals surface area contributed by atoms with Gasteiger partial charge in [0, 0.05) is 44.1 Å². The monoisotopic (exact) mass is 290 g/mol. The average Bonchev–Trinajstić information content (AvgIpc) is 2.82. The number of amides is 2. The van der Waals surface area contributed by atoms with E-state index in [-0.39, 0.29) is 11.7 Å². The molecule has 0 atom stereocenters. The lowest BCUT2D eigenvalue weighted by molar-refractivity contribution is 0.218. The molecule has 2 amide bonds. The van der Waals surface area contributed by atoms with E-state index in [2.05, 4.69) is 11.9 Å². The molecule has 0 aliphatic heterocycles. The van der Waals surface area contributed by atoms with Gasteiger partial charge in [-0.3, -0.25) is 9.13 Å². The zero-order chi connectivity index (χ0) is 15.7. The van der Waals surface area contributed by atoms with Crippen LogP contribution in [-0.2, 0) is 6.54 Å². The van der Waals surface area contributed by atoms with E-state index in [1.54, 1.807) is 41.5 Å². The standard InChI is InChI=1S/C15H22N4O2/c1-4-8-16-14(20)17(6-3)10-7-11-19-13-12-18(9-5-2)15(19)21/h4-6,8-9,12-13H,3,7,10-11H2,1-2H3,(H,16,20)/b8-4+,9-5+. The molecular weight excluding hydrogens is 268 g/mol. The number of rotatable bonds is 7. The van der Waals surface area contributed by atoms with Crippen LogP contribution in [0.4, 0.5) is 4.79 Å².